The van der Waals surface area contributed by atoms with Gasteiger partial charge in [-0.25, -0.2) is 0 Å². The Kier molecular flexibility index (Phi) is 6.62. The predicted molar refractivity (Wildman–Crippen MR) is 73.0 cm³/mol. The molecule has 2 unspecified atom stereocenters. The summed E-state index contributed by atoms with van der Waals surface area (Å²) in [5.41, 5.74) is 5.50. The monoisotopic (exact) mass is 271 g/mol. The summed E-state index contributed by atoms with van der Waals surface area (Å²) in [6.07, 6.45) is 4.87. The van der Waals surface area contributed by atoms with E-state index in [1.807, 2.05) is 6.92 Å². The molecule has 19 heavy (non-hydrogen) atoms. The Morgan fingerprint density at radius 3 is 2.89 bits per heavy atom. The first-order valence-electron chi connectivity index (χ1n) is 6.87. The number of nitrogens with zero attached hydrogens (tertiary/aromatic N) is 2. The molecule has 1 amide bonds. The summed E-state index contributed by atoms with van der Waals surface area (Å²) in [5, 5.41) is 11.5. The molecule has 2 atom stereocenters. The number of carbonyl (C=O) groups excluding carboxylic acids is 1. The summed E-state index contributed by atoms with van der Waals surface area (Å²) >= 11 is 0. The molecular weight excluding hydrogens is 246 g/mol. The van der Waals surface area contributed by atoms with Crippen molar-refractivity contribution in [1.29, 1.82) is 0 Å². The molecule has 1 saturated heterocycles. The fraction of sp³-hybridized carbons (Fsp3) is 0.846. The molecule has 0 spiro atoms. The Labute approximate surface area is 114 Å². The highest BCUT2D eigenvalue weighted by molar-refractivity contribution is 5.83. The number of rotatable bonds is 6. The summed E-state index contributed by atoms with van der Waals surface area (Å²) < 4.78 is 5.60. The van der Waals surface area contributed by atoms with Gasteiger partial charge >= 0.3 is 0 Å². The van der Waals surface area contributed by atoms with E-state index in [4.69, 9.17) is 15.7 Å². The normalized spacial score (nSPS) is 22.0. The van der Waals surface area contributed by atoms with Crippen LogP contribution in [0, 0.1) is 5.92 Å². The lowest BCUT2D eigenvalue weighted by atomic mass is 10.0. The highest BCUT2D eigenvalue weighted by atomic mass is 16.5. The lowest BCUT2D eigenvalue weighted by Gasteiger charge is -2.24. The molecule has 1 fully saturated rings. The fourth-order valence-corrected chi connectivity index (χ4v) is 2.22. The van der Waals surface area contributed by atoms with Gasteiger partial charge in [-0.1, -0.05) is 12.1 Å². The number of hydrogen-bond acceptors (Lipinski definition) is 4. The van der Waals surface area contributed by atoms with Crippen molar-refractivity contribution in [3.63, 3.8) is 0 Å². The van der Waals surface area contributed by atoms with Crippen molar-refractivity contribution in [2.45, 2.75) is 45.1 Å². The molecule has 1 heterocycles. The van der Waals surface area contributed by atoms with Gasteiger partial charge in [-0.05, 0) is 25.7 Å². The highest BCUT2D eigenvalue weighted by Gasteiger charge is 2.19. The number of carbonyl (C=O) groups is 1. The molecule has 0 radical (unpaired) electrons. The van der Waals surface area contributed by atoms with Crippen molar-refractivity contribution >= 4 is 11.7 Å². The molecule has 0 aromatic rings. The molecule has 6 heteroatoms. The predicted octanol–water partition coefficient (Wildman–Crippen LogP) is 1.18. The van der Waals surface area contributed by atoms with E-state index >= 15 is 0 Å². The number of nitrogens with two attached hydrogens (primary N) is 1. The van der Waals surface area contributed by atoms with Gasteiger partial charge in [-0.3, -0.25) is 4.79 Å². The van der Waals surface area contributed by atoms with Gasteiger partial charge in [-0.15, -0.1) is 0 Å². The van der Waals surface area contributed by atoms with Gasteiger partial charge in [0, 0.05) is 32.5 Å². The number of oxime groups is 1. The third kappa shape index (κ3) is 5.46. The first kappa shape index (κ1) is 15.8. The van der Waals surface area contributed by atoms with E-state index in [-0.39, 0.29) is 23.8 Å². The Balaban J connectivity index is 2.27. The van der Waals surface area contributed by atoms with Gasteiger partial charge < -0.3 is 20.6 Å². The summed E-state index contributed by atoms with van der Waals surface area (Å²) in [7, 11) is 1.74. The molecular formula is C13H25N3O3. The summed E-state index contributed by atoms with van der Waals surface area (Å²) in [6, 6.07) is 0. The fourth-order valence-electron chi connectivity index (χ4n) is 2.22. The lowest BCUT2D eigenvalue weighted by Crippen LogP contribution is -2.36. The van der Waals surface area contributed by atoms with Crippen molar-refractivity contribution < 1.29 is 14.7 Å². The van der Waals surface area contributed by atoms with E-state index < -0.39 is 0 Å². The number of ether oxygens (including phenoxy) is 1. The second-order valence-corrected chi connectivity index (χ2v) is 5.23. The molecule has 0 aromatic carbocycles. The van der Waals surface area contributed by atoms with Crippen LogP contribution in [-0.2, 0) is 9.53 Å². The summed E-state index contributed by atoms with van der Waals surface area (Å²) in [6.45, 7) is 3.10. The zero-order valence-electron chi connectivity index (χ0n) is 11.8. The molecule has 0 aliphatic carbocycles. The van der Waals surface area contributed by atoms with Crippen molar-refractivity contribution in [2.75, 3.05) is 20.2 Å². The Bertz CT molecular complexity index is 314. The number of amides is 1. The number of hydrogen-bond donors (Lipinski definition) is 2. The van der Waals surface area contributed by atoms with E-state index in [1.54, 1.807) is 11.9 Å². The van der Waals surface area contributed by atoms with Crippen LogP contribution in [0.1, 0.15) is 39.0 Å². The standard InChI is InChI=1S/C13H25N3O3/c1-10(13(14)15-18)9-16(2)12(17)7-6-11-5-3-4-8-19-11/h10-11,18H,3-9H2,1-2H3,(H2,14,15). The maximum atomic E-state index is 12.0. The first-order chi connectivity index (χ1) is 9.04. The average molecular weight is 271 g/mol. The highest BCUT2D eigenvalue weighted by Crippen LogP contribution is 2.17. The van der Waals surface area contributed by atoms with Crippen molar-refractivity contribution in [3.8, 4) is 0 Å². The lowest BCUT2D eigenvalue weighted by molar-refractivity contribution is -0.131. The summed E-state index contributed by atoms with van der Waals surface area (Å²) in [5.74, 6) is 0.0758. The molecule has 110 valence electrons. The van der Waals surface area contributed by atoms with Crippen LogP contribution in [0.3, 0.4) is 0 Å². The third-order valence-corrected chi connectivity index (χ3v) is 3.55. The van der Waals surface area contributed by atoms with E-state index in [0.717, 1.165) is 25.9 Å². The zero-order chi connectivity index (χ0) is 14.3. The molecule has 1 aliphatic heterocycles. The summed E-state index contributed by atoms with van der Waals surface area (Å²) in [4.78, 5) is 13.6. The zero-order valence-corrected chi connectivity index (χ0v) is 11.8. The molecule has 6 nitrogen and oxygen atoms in total. The SMILES string of the molecule is CC(CN(C)C(=O)CCC1CCCCO1)C(N)=NO. The molecule has 1 rings (SSSR count). The van der Waals surface area contributed by atoms with Gasteiger partial charge in [0.15, 0.2) is 0 Å². The Morgan fingerprint density at radius 2 is 2.32 bits per heavy atom. The van der Waals surface area contributed by atoms with Crippen LogP contribution in [0.2, 0.25) is 0 Å². The van der Waals surface area contributed by atoms with Crippen molar-refractivity contribution in [2.24, 2.45) is 16.8 Å². The Hall–Kier alpha value is -1.30. The van der Waals surface area contributed by atoms with Crippen LogP contribution < -0.4 is 5.73 Å². The van der Waals surface area contributed by atoms with Crippen LogP contribution in [0.25, 0.3) is 0 Å². The molecule has 1 aliphatic rings. The third-order valence-electron chi connectivity index (χ3n) is 3.55. The maximum Gasteiger partial charge on any atom is 0.222 e. The second kappa shape index (κ2) is 7.99. The maximum absolute atomic E-state index is 12.0. The average Bonchev–Trinajstić information content (AvgIpc) is 2.44. The first-order valence-corrected chi connectivity index (χ1v) is 6.87. The van der Waals surface area contributed by atoms with Crippen LogP contribution in [0.4, 0.5) is 0 Å². The van der Waals surface area contributed by atoms with E-state index in [1.165, 1.54) is 6.42 Å². The van der Waals surface area contributed by atoms with Crippen LogP contribution in [0.15, 0.2) is 5.16 Å². The van der Waals surface area contributed by atoms with Gasteiger partial charge in [0.05, 0.1) is 6.10 Å². The molecule has 0 aromatic heterocycles. The molecule has 0 bridgehead atoms. The van der Waals surface area contributed by atoms with Crippen LogP contribution in [-0.4, -0.2) is 48.2 Å². The quantitative estimate of drug-likeness (QED) is 0.328. The van der Waals surface area contributed by atoms with Gasteiger partial charge in [0.2, 0.25) is 5.91 Å². The molecule has 0 saturated carbocycles. The van der Waals surface area contributed by atoms with Crippen molar-refractivity contribution in [1.82, 2.24) is 4.90 Å². The van der Waals surface area contributed by atoms with Gasteiger partial charge in [0.25, 0.3) is 0 Å². The van der Waals surface area contributed by atoms with E-state index in [2.05, 4.69) is 5.16 Å². The minimum absolute atomic E-state index is 0.0757. The second-order valence-electron chi connectivity index (χ2n) is 5.23. The van der Waals surface area contributed by atoms with E-state index in [9.17, 15) is 4.79 Å². The smallest absolute Gasteiger partial charge is 0.222 e. The van der Waals surface area contributed by atoms with Crippen LogP contribution in [0.5, 0.6) is 0 Å². The largest absolute Gasteiger partial charge is 0.409 e. The van der Waals surface area contributed by atoms with Gasteiger partial charge in [-0.2, -0.15) is 0 Å². The molecule has 3 N–H and O–H groups in total. The number of amidine groups is 1. The Morgan fingerprint density at radius 1 is 1.58 bits per heavy atom. The topological polar surface area (TPSA) is 88.2 Å². The minimum Gasteiger partial charge on any atom is -0.409 e. The minimum atomic E-state index is -0.148. The van der Waals surface area contributed by atoms with Crippen LogP contribution >= 0.6 is 0 Å². The van der Waals surface area contributed by atoms with E-state index in [0.29, 0.717) is 13.0 Å². The van der Waals surface area contributed by atoms with Crippen molar-refractivity contribution in [3.05, 3.63) is 0 Å². The van der Waals surface area contributed by atoms with Gasteiger partial charge in [0.1, 0.15) is 5.84 Å².